The second-order valence-electron chi connectivity index (χ2n) is 4.99. The van der Waals surface area contributed by atoms with Crippen molar-refractivity contribution in [2.75, 3.05) is 13.1 Å². The van der Waals surface area contributed by atoms with Crippen LogP contribution in [0.2, 0.25) is 0 Å². The fourth-order valence-corrected chi connectivity index (χ4v) is 2.30. The van der Waals surface area contributed by atoms with Gasteiger partial charge in [-0.1, -0.05) is 36.3 Å². The molecule has 17 heavy (non-hydrogen) atoms. The highest BCUT2D eigenvalue weighted by atomic mass is 16.2. The van der Waals surface area contributed by atoms with Gasteiger partial charge in [0, 0.05) is 19.5 Å². The lowest BCUT2D eigenvalue weighted by atomic mass is 10.2. The third kappa shape index (κ3) is 3.58. The van der Waals surface area contributed by atoms with E-state index in [1.165, 1.54) is 17.6 Å². The van der Waals surface area contributed by atoms with E-state index < -0.39 is 0 Å². The molecule has 0 spiro atoms. The molecule has 0 aromatic carbocycles. The van der Waals surface area contributed by atoms with Crippen molar-refractivity contribution < 1.29 is 4.79 Å². The summed E-state index contributed by atoms with van der Waals surface area (Å²) in [6, 6.07) is 0. The van der Waals surface area contributed by atoms with Crippen LogP contribution in [0.1, 0.15) is 39.0 Å². The lowest BCUT2D eigenvalue weighted by Gasteiger charge is -2.20. The van der Waals surface area contributed by atoms with E-state index >= 15 is 0 Å². The Balaban J connectivity index is 2.02. The van der Waals surface area contributed by atoms with Crippen molar-refractivity contribution >= 4 is 5.91 Å². The van der Waals surface area contributed by atoms with Crippen LogP contribution in [0.15, 0.2) is 35.5 Å². The molecule has 2 heteroatoms. The predicted octanol–water partition coefficient (Wildman–Crippen LogP) is 3.22. The summed E-state index contributed by atoms with van der Waals surface area (Å²) in [7, 11) is 0. The first kappa shape index (κ1) is 12.2. The first-order valence-electron chi connectivity index (χ1n) is 6.56. The molecular weight excluding hydrogens is 210 g/mol. The number of carbonyl (C=O) groups is 1. The Kier molecular flexibility index (Phi) is 4.18. The Hall–Kier alpha value is -1.31. The van der Waals surface area contributed by atoms with Gasteiger partial charge >= 0.3 is 0 Å². The van der Waals surface area contributed by atoms with E-state index in [-0.39, 0.29) is 0 Å². The highest BCUT2D eigenvalue weighted by Gasteiger charge is 2.16. The van der Waals surface area contributed by atoms with Crippen LogP contribution in [0.25, 0.3) is 0 Å². The average Bonchev–Trinajstić information content (AvgIpc) is 2.63. The summed E-state index contributed by atoms with van der Waals surface area (Å²) in [5, 5.41) is 0. The maximum Gasteiger partial charge on any atom is 0.222 e. The third-order valence-electron chi connectivity index (χ3n) is 3.40. The highest BCUT2D eigenvalue weighted by molar-refractivity contribution is 5.76. The number of hydrogen-bond acceptors (Lipinski definition) is 1. The van der Waals surface area contributed by atoms with Crippen molar-refractivity contribution in [2.45, 2.75) is 39.0 Å². The molecule has 1 aliphatic heterocycles. The molecule has 0 saturated carbocycles. The van der Waals surface area contributed by atoms with Crippen molar-refractivity contribution in [3.05, 3.63) is 35.5 Å². The fraction of sp³-hybridized carbons (Fsp3) is 0.533. The number of likely N-dealkylation sites (tertiary alicyclic amines) is 1. The van der Waals surface area contributed by atoms with Crippen molar-refractivity contribution in [1.29, 1.82) is 0 Å². The van der Waals surface area contributed by atoms with E-state index in [4.69, 9.17) is 0 Å². The van der Waals surface area contributed by atoms with Crippen LogP contribution in [-0.4, -0.2) is 23.9 Å². The number of carbonyl (C=O) groups excluding carboxylic acids is 1. The van der Waals surface area contributed by atoms with Gasteiger partial charge in [-0.3, -0.25) is 4.79 Å². The Morgan fingerprint density at radius 1 is 1.24 bits per heavy atom. The number of amides is 1. The topological polar surface area (TPSA) is 20.3 Å². The Morgan fingerprint density at radius 3 is 3.00 bits per heavy atom. The molecule has 2 nitrogen and oxygen atoms in total. The molecule has 0 aromatic heterocycles. The van der Waals surface area contributed by atoms with E-state index in [0.717, 1.165) is 38.8 Å². The first-order valence-corrected chi connectivity index (χ1v) is 6.56. The Labute approximate surface area is 104 Å². The first-order chi connectivity index (χ1) is 8.25. The molecule has 0 aromatic rings. The van der Waals surface area contributed by atoms with Crippen molar-refractivity contribution in [3.8, 4) is 0 Å². The van der Waals surface area contributed by atoms with Crippen molar-refractivity contribution in [2.24, 2.45) is 0 Å². The third-order valence-corrected chi connectivity index (χ3v) is 3.40. The number of nitrogens with zero attached hydrogens (tertiary/aromatic N) is 1. The summed E-state index contributed by atoms with van der Waals surface area (Å²) in [4.78, 5) is 13.9. The fourth-order valence-electron chi connectivity index (χ4n) is 2.30. The lowest BCUT2D eigenvalue weighted by molar-refractivity contribution is -0.130. The quantitative estimate of drug-likeness (QED) is 0.714. The number of hydrogen-bond donors (Lipinski definition) is 0. The van der Waals surface area contributed by atoms with E-state index in [1.807, 2.05) is 4.90 Å². The second-order valence-corrected chi connectivity index (χ2v) is 4.99. The van der Waals surface area contributed by atoms with Crippen LogP contribution in [0.5, 0.6) is 0 Å². The minimum Gasteiger partial charge on any atom is -0.338 e. The summed E-state index contributed by atoms with van der Waals surface area (Å²) in [5.74, 6) is 0.321. The molecule has 1 heterocycles. The minimum absolute atomic E-state index is 0.321. The summed E-state index contributed by atoms with van der Waals surface area (Å²) in [6.07, 6.45) is 13.8. The molecule has 0 atom stereocenters. The zero-order chi connectivity index (χ0) is 12.1. The summed E-state index contributed by atoms with van der Waals surface area (Å²) < 4.78 is 0. The van der Waals surface area contributed by atoms with Crippen LogP contribution in [0, 0.1) is 0 Å². The van der Waals surface area contributed by atoms with Crippen LogP contribution in [0.4, 0.5) is 0 Å². The molecule has 1 amide bonds. The normalized spacial score (nSPS) is 21.7. The molecule has 2 aliphatic rings. The van der Waals surface area contributed by atoms with Gasteiger partial charge in [0.2, 0.25) is 5.91 Å². The molecular formula is C15H21NO. The van der Waals surface area contributed by atoms with Crippen LogP contribution >= 0.6 is 0 Å². The largest absolute Gasteiger partial charge is 0.338 e. The van der Waals surface area contributed by atoms with Crippen molar-refractivity contribution in [3.63, 3.8) is 0 Å². The van der Waals surface area contributed by atoms with Crippen molar-refractivity contribution in [1.82, 2.24) is 4.90 Å². The van der Waals surface area contributed by atoms with Gasteiger partial charge in [-0.05, 0) is 31.8 Å². The molecule has 1 aliphatic carbocycles. The van der Waals surface area contributed by atoms with Gasteiger partial charge in [0.05, 0.1) is 0 Å². The molecule has 1 saturated heterocycles. The van der Waals surface area contributed by atoms with Gasteiger partial charge in [0.1, 0.15) is 0 Å². The lowest BCUT2D eigenvalue weighted by Crippen LogP contribution is -2.31. The van der Waals surface area contributed by atoms with Gasteiger partial charge in [-0.2, -0.15) is 0 Å². The second kappa shape index (κ2) is 5.85. The molecule has 0 radical (unpaired) electrons. The maximum absolute atomic E-state index is 11.9. The van der Waals surface area contributed by atoms with Gasteiger partial charge < -0.3 is 4.90 Å². The van der Waals surface area contributed by atoms with E-state index in [0.29, 0.717) is 5.91 Å². The molecule has 2 rings (SSSR count). The van der Waals surface area contributed by atoms with Gasteiger partial charge in [0.15, 0.2) is 0 Å². The minimum atomic E-state index is 0.321. The van der Waals surface area contributed by atoms with Gasteiger partial charge in [0.25, 0.3) is 0 Å². The zero-order valence-electron chi connectivity index (χ0n) is 10.6. The van der Waals surface area contributed by atoms with Crippen LogP contribution < -0.4 is 0 Å². The molecule has 0 bridgehead atoms. The Morgan fingerprint density at radius 2 is 2.12 bits per heavy atom. The van der Waals surface area contributed by atoms with E-state index in [2.05, 4.69) is 31.2 Å². The van der Waals surface area contributed by atoms with E-state index in [1.54, 1.807) is 0 Å². The summed E-state index contributed by atoms with van der Waals surface area (Å²) >= 11 is 0. The van der Waals surface area contributed by atoms with Crippen LogP contribution in [-0.2, 0) is 4.79 Å². The Bertz CT molecular complexity index is 376. The molecule has 0 N–H and O–H groups in total. The number of rotatable bonds is 2. The van der Waals surface area contributed by atoms with Gasteiger partial charge in [-0.15, -0.1) is 0 Å². The molecule has 1 fully saturated rings. The maximum atomic E-state index is 11.9. The molecule has 92 valence electrons. The summed E-state index contributed by atoms with van der Waals surface area (Å²) in [6.45, 7) is 3.84. The summed E-state index contributed by atoms with van der Waals surface area (Å²) in [5.41, 5.74) is 2.62. The molecule has 0 unspecified atom stereocenters. The predicted molar refractivity (Wildman–Crippen MR) is 70.6 cm³/mol. The smallest absolute Gasteiger partial charge is 0.222 e. The highest BCUT2D eigenvalue weighted by Crippen LogP contribution is 2.15. The standard InChI is InChI=1S/C15H21NO/c1-13-6-5-7-14(10-9-13)12-16-11-4-2-3-8-15(16)17/h5,7,9-10H,2-4,6,8,11-12H2,1H3. The number of allylic oxidation sites excluding steroid dienone is 4. The van der Waals surface area contributed by atoms with Crippen LogP contribution in [0.3, 0.4) is 0 Å². The van der Waals surface area contributed by atoms with E-state index in [9.17, 15) is 4.79 Å². The zero-order valence-corrected chi connectivity index (χ0v) is 10.6. The van der Waals surface area contributed by atoms with Gasteiger partial charge in [-0.25, -0.2) is 0 Å². The average molecular weight is 231 g/mol. The monoisotopic (exact) mass is 231 g/mol. The SMILES string of the molecule is CC1=CC=C(CN2CCCCCC2=O)C=CC1.